The van der Waals surface area contributed by atoms with Gasteiger partial charge in [-0.1, -0.05) is 37.6 Å². The highest BCUT2D eigenvalue weighted by Crippen LogP contribution is 2.24. The molecule has 0 saturated heterocycles. The Bertz CT molecular complexity index is 457. The molecule has 2 unspecified atom stereocenters. The number of aliphatic hydroxyl groups is 1. The van der Waals surface area contributed by atoms with Gasteiger partial charge in [0.2, 0.25) is 0 Å². The number of aliphatic carboxylic acids is 1. The van der Waals surface area contributed by atoms with Crippen molar-refractivity contribution in [2.75, 3.05) is 6.54 Å². The summed E-state index contributed by atoms with van der Waals surface area (Å²) in [5.41, 5.74) is 2.83. The van der Waals surface area contributed by atoms with Crippen LogP contribution in [0.3, 0.4) is 0 Å². The van der Waals surface area contributed by atoms with E-state index in [0.717, 1.165) is 16.7 Å². The van der Waals surface area contributed by atoms with Crippen molar-refractivity contribution in [1.82, 2.24) is 5.32 Å². The van der Waals surface area contributed by atoms with Crippen molar-refractivity contribution in [1.29, 1.82) is 0 Å². The number of hydrogen-bond acceptors (Lipinski definition) is 3. The normalized spacial score (nSPS) is 14.3. The molecule has 0 aliphatic heterocycles. The maximum absolute atomic E-state index is 11.0. The van der Waals surface area contributed by atoms with E-state index in [0.29, 0.717) is 12.5 Å². The Hall–Kier alpha value is -1.39. The number of carboxylic acids is 1. The molecule has 0 aliphatic carbocycles. The molecule has 4 heteroatoms. The molecule has 0 bridgehead atoms. The number of aliphatic hydroxyl groups excluding tert-OH is 1. The van der Waals surface area contributed by atoms with Gasteiger partial charge in [0.15, 0.2) is 0 Å². The topological polar surface area (TPSA) is 69.6 Å². The van der Waals surface area contributed by atoms with E-state index in [9.17, 15) is 9.90 Å². The predicted octanol–water partition coefficient (Wildman–Crippen LogP) is 2.43. The SMILES string of the molecule is Cc1ccc(C)c(C(O)C(CC(=O)O)NCC(C)C)c1. The molecule has 0 radical (unpaired) electrons. The molecule has 4 nitrogen and oxygen atoms in total. The van der Waals surface area contributed by atoms with Crippen LogP contribution in [0, 0.1) is 19.8 Å². The molecular formula is C16H25NO3. The van der Waals surface area contributed by atoms with Gasteiger partial charge in [-0.05, 0) is 37.4 Å². The van der Waals surface area contributed by atoms with Crippen molar-refractivity contribution in [2.45, 2.75) is 46.3 Å². The Morgan fingerprint density at radius 1 is 1.30 bits per heavy atom. The van der Waals surface area contributed by atoms with Gasteiger partial charge >= 0.3 is 5.97 Å². The summed E-state index contributed by atoms with van der Waals surface area (Å²) in [7, 11) is 0. The van der Waals surface area contributed by atoms with Gasteiger partial charge in [0.05, 0.1) is 12.5 Å². The number of carboxylic acid groups (broad SMARTS) is 1. The number of rotatable bonds is 7. The molecular weight excluding hydrogens is 254 g/mol. The Labute approximate surface area is 120 Å². The van der Waals surface area contributed by atoms with Crippen molar-refractivity contribution < 1.29 is 15.0 Å². The first-order valence-electron chi connectivity index (χ1n) is 7.01. The highest BCUT2D eigenvalue weighted by Gasteiger charge is 2.24. The summed E-state index contributed by atoms with van der Waals surface area (Å²) < 4.78 is 0. The molecule has 20 heavy (non-hydrogen) atoms. The van der Waals surface area contributed by atoms with Crippen LogP contribution in [0.1, 0.15) is 43.1 Å². The van der Waals surface area contributed by atoms with Crippen LogP contribution in [0.5, 0.6) is 0 Å². The van der Waals surface area contributed by atoms with E-state index >= 15 is 0 Å². The fourth-order valence-electron chi connectivity index (χ4n) is 2.17. The molecule has 1 aromatic rings. The van der Waals surface area contributed by atoms with E-state index in [2.05, 4.69) is 19.2 Å². The largest absolute Gasteiger partial charge is 0.481 e. The molecule has 112 valence electrons. The first kappa shape index (κ1) is 16.7. The van der Waals surface area contributed by atoms with Crippen LogP contribution in [-0.4, -0.2) is 28.8 Å². The van der Waals surface area contributed by atoms with E-state index in [-0.39, 0.29) is 6.42 Å². The fraction of sp³-hybridized carbons (Fsp3) is 0.562. The van der Waals surface area contributed by atoms with E-state index < -0.39 is 18.1 Å². The lowest BCUT2D eigenvalue weighted by molar-refractivity contribution is -0.138. The van der Waals surface area contributed by atoms with Gasteiger partial charge < -0.3 is 15.5 Å². The van der Waals surface area contributed by atoms with Crippen LogP contribution in [0.25, 0.3) is 0 Å². The standard InChI is InChI=1S/C16H25NO3/c1-10(2)9-17-14(8-15(18)19)16(20)13-7-11(3)5-6-12(13)4/h5-7,10,14,16-17,20H,8-9H2,1-4H3,(H,18,19). The zero-order chi connectivity index (χ0) is 15.3. The highest BCUT2D eigenvalue weighted by atomic mass is 16.4. The molecule has 0 heterocycles. The summed E-state index contributed by atoms with van der Waals surface area (Å²) in [5.74, 6) is -0.507. The van der Waals surface area contributed by atoms with Crippen LogP contribution in [0.15, 0.2) is 18.2 Å². The van der Waals surface area contributed by atoms with E-state index in [1.165, 1.54) is 0 Å². The van der Waals surface area contributed by atoms with E-state index in [1.54, 1.807) is 0 Å². The minimum atomic E-state index is -0.907. The molecule has 0 amide bonds. The van der Waals surface area contributed by atoms with Crippen LogP contribution in [0.2, 0.25) is 0 Å². The maximum Gasteiger partial charge on any atom is 0.305 e. The number of hydrogen-bond donors (Lipinski definition) is 3. The fourth-order valence-corrected chi connectivity index (χ4v) is 2.17. The van der Waals surface area contributed by atoms with Crippen molar-refractivity contribution in [3.05, 3.63) is 34.9 Å². The first-order chi connectivity index (χ1) is 9.31. The predicted molar refractivity (Wildman–Crippen MR) is 79.8 cm³/mol. The van der Waals surface area contributed by atoms with E-state index in [1.807, 2.05) is 32.0 Å². The number of nitrogens with one attached hydrogen (secondary N) is 1. The smallest absolute Gasteiger partial charge is 0.305 e. The quantitative estimate of drug-likeness (QED) is 0.717. The van der Waals surface area contributed by atoms with Crippen LogP contribution in [-0.2, 0) is 4.79 Å². The Morgan fingerprint density at radius 2 is 1.95 bits per heavy atom. The van der Waals surface area contributed by atoms with Gasteiger partial charge in [-0.25, -0.2) is 0 Å². The molecule has 2 atom stereocenters. The average molecular weight is 279 g/mol. The molecule has 1 rings (SSSR count). The highest BCUT2D eigenvalue weighted by molar-refractivity contribution is 5.67. The molecule has 0 fully saturated rings. The van der Waals surface area contributed by atoms with Crippen molar-refractivity contribution in [3.63, 3.8) is 0 Å². The van der Waals surface area contributed by atoms with Gasteiger partial charge in [0.25, 0.3) is 0 Å². The second-order valence-corrected chi connectivity index (χ2v) is 5.81. The van der Waals surface area contributed by atoms with Gasteiger partial charge in [0, 0.05) is 6.04 Å². The maximum atomic E-state index is 11.0. The third kappa shape index (κ3) is 4.94. The van der Waals surface area contributed by atoms with Crippen molar-refractivity contribution in [2.24, 2.45) is 5.92 Å². The van der Waals surface area contributed by atoms with Crippen LogP contribution < -0.4 is 5.32 Å². The number of benzene rings is 1. The molecule has 1 aromatic carbocycles. The lowest BCUT2D eigenvalue weighted by atomic mass is 9.94. The summed E-state index contributed by atoms with van der Waals surface area (Å²) in [6, 6.07) is 5.38. The molecule has 0 aromatic heterocycles. The Balaban J connectivity index is 2.93. The van der Waals surface area contributed by atoms with Crippen LogP contribution in [0.4, 0.5) is 0 Å². The molecule has 0 spiro atoms. The third-order valence-corrected chi connectivity index (χ3v) is 3.32. The Kier molecular flexibility index (Phi) is 6.17. The van der Waals surface area contributed by atoms with Gasteiger partial charge in [0.1, 0.15) is 0 Å². The second-order valence-electron chi connectivity index (χ2n) is 5.81. The molecule has 3 N–H and O–H groups in total. The Morgan fingerprint density at radius 3 is 2.50 bits per heavy atom. The molecule has 0 aliphatic rings. The van der Waals surface area contributed by atoms with Gasteiger partial charge in [-0.3, -0.25) is 4.79 Å². The minimum Gasteiger partial charge on any atom is -0.481 e. The second kappa shape index (κ2) is 7.41. The number of aryl methyl sites for hydroxylation is 2. The van der Waals surface area contributed by atoms with Crippen LogP contribution >= 0.6 is 0 Å². The number of carbonyl (C=O) groups is 1. The van der Waals surface area contributed by atoms with E-state index in [4.69, 9.17) is 5.11 Å². The van der Waals surface area contributed by atoms with Gasteiger partial charge in [-0.2, -0.15) is 0 Å². The lowest BCUT2D eigenvalue weighted by Crippen LogP contribution is -2.39. The van der Waals surface area contributed by atoms with Crippen molar-refractivity contribution >= 4 is 5.97 Å². The van der Waals surface area contributed by atoms with Crippen molar-refractivity contribution in [3.8, 4) is 0 Å². The zero-order valence-corrected chi connectivity index (χ0v) is 12.7. The zero-order valence-electron chi connectivity index (χ0n) is 12.7. The summed E-state index contributed by atoms with van der Waals surface area (Å²) >= 11 is 0. The average Bonchev–Trinajstić information content (AvgIpc) is 2.36. The summed E-state index contributed by atoms with van der Waals surface area (Å²) in [5, 5.41) is 22.7. The summed E-state index contributed by atoms with van der Waals surface area (Å²) in [6.07, 6.45) is -0.911. The lowest BCUT2D eigenvalue weighted by Gasteiger charge is -2.25. The summed E-state index contributed by atoms with van der Waals surface area (Å²) in [6.45, 7) is 8.67. The third-order valence-electron chi connectivity index (χ3n) is 3.32. The summed E-state index contributed by atoms with van der Waals surface area (Å²) in [4.78, 5) is 11.0. The van der Waals surface area contributed by atoms with Gasteiger partial charge in [-0.15, -0.1) is 0 Å². The molecule has 0 saturated carbocycles. The minimum absolute atomic E-state index is 0.0960. The first-order valence-corrected chi connectivity index (χ1v) is 7.01. The monoisotopic (exact) mass is 279 g/mol.